The average molecular weight is 330 g/mol. The van der Waals surface area contributed by atoms with Crippen molar-refractivity contribution >= 4 is 22.0 Å². The normalized spacial score (nSPS) is 13.1. The van der Waals surface area contributed by atoms with E-state index >= 15 is 0 Å². The van der Waals surface area contributed by atoms with Crippen LogP contribution >= 0.6 is 15.9 Å². The number of hydrogen-bond donors (Lipinski definition) is 3. The number of halogens is 1. The molecule has 0 aliphatic carbocycles. The van der Waals surface area contributed by atoms with E-state index in [1.165, 1.54) is 0 Å². The molecule has 1 aliphatic heterocycles. The number of carbonyl (C=O) groups is 1. The third-order valence-electron chi connectivity index (χ3n) is 2.59. The van der Waals surface area contributed by atoms with E-state index in [-0.39, 0.29) is 0 Å². The maximum atomic E-state index is 10.5. The molecular formula is C12H16BrN3O3. The van der Waals surface area contributed by atoms with Gasteiger partial charge in [-0.25, -0.2) is 4.79 Å². The lowest BCUT2D eigenvalue weighted by atomic mass is 10.2. The molecule has 1 heterocycles. The third-order valence-corrected chi connectivity index (χ3v) is 3.18. The minimum atomic E-state index is -0.510. The van der Waals surface area contributed by atoms with Gasteiger partial charge in [0.25, 0.3) is 0 Å². The van der Waals surface area contributed by atoms with Gasteiger partial charge in [0, 0.05) is 19.6 Å². The number of benzene rings is 1. The van der Waals surface area contributed by atoms with Crippen LogP contribution in [0.1, 0.15) is 5.56 Å². The maximum absolute atomic E-state index is 10.5. The van der Waals surface area contributed by atoms with Gasteiger partial charge in [0.2, 0.25) is 0 Å². The summed E-state index contributed by atoms with van der Waals surface area (Å²) in [5.74, 6) is 1.51. The summed E-state index contributed by atoms with van der Waals surface area (Å²) in [7, 11) is 0. The largest absolute Gasteiger partial charge is 0.486 e. The van der Waals surface area contributed by atoms with Crippen LogP contribution in [0.2, 0.25) is 0 Å². The molecule has 0 unspecified atom stereocenters. The monoisotopic (exact) mass is 329 g/mol. The Labute approximate surface area is 119 Å². The molecule has 1 aliphatic rings. The van der Waals surface area contributed by atoms with Crippen LogP contribution in [0.15, 0.2) is 16.6 Å². The van der Waals surface area contributed by atoms with Crippen LogP contribution in [0, 0.1) is 0 Å². The molecule has 104 valence electrons. The summed E-state index contributed by atoms with van der Waals surface area (Å²) in [6, 6.07) is 3.43. The van der Waals surface area contributed by atoms with E-state index in [9.17, 15) is 4.79 Å². The van der Waals surface area contributed by atoms with Crippen LogP contribution in [0.4, 0.5) is 4.79 Å². The summed E-state index contributed by atoms with van der Waals surface area (Å²) < 4.78 is 12.0. The van der Waals surface area contributed by atoms with E-state index < -0.39 is 6.03 Å². The molecule has 0 bridgehead atoms. The fourth-order valence-corrected chi connectivity index (χ4v) is 2.38. The number of fused-ring (bicyclic) bond motifs is 1. The van der Waals surface area contributed by atoms with Gasteiger partial charge in [-0.15, -0.1) is 0 Å². The molecule has 0 radical (unpaired) electrons. The molecule has 0 atom stereocenters. The lowest BCUT2D eigenvalue weighted by molar-refractivity contribution is 0.170. The predicted molar refractivity (Wildman–Crippen MR) is 74.4 cm³/mol. The Balaban J connectivity index is 1.87. The zero-order valence-corrected chi connectivity index (χ0v) is 12.0. The lowest BCUT2D eigenvalue weighted by Crippen LogP contribution is -2.35. The molecule has 19 heavy (non-hydrogen) atoms. The Morgan fingerprint density at radius 2 is 2.11 bits per heavy atom. The number of rotatable bonds is 5. The molecule has 6 nitrogen and oxygen atoms in total. The Hall–Kier alpha value is -1.47. The van der Waals surface area contributed by atoms with Gasteiger partial charge in [0.15, 0.2) is 11.5 Å². The highest BCUT2D eigenvalue weighted by Crippen LogP contribution is 2.38. The second kappa shape index (κ2) is 6.63. The van der Waals surface area contributed by atoms with Crippen LogP contribution in [-0.4, -0.2) is 32.3 Å². The molecule has 0 saturated carbocycles. The van der Waals surface area contributed by atoms with Gasteiger partial charge in [0.1, 0.15) is 13.2 Å². The van der Waals surface area contributed by atoms with Crippen molar-refractivity contribution in [2.45, 2.75) is 6.54 Å². The van der Waals surface area contributed by atoms with E-state index in [2.05, 4.69) is 26.6 Å². The van der Waals surface area contributed by atoms with Crippen molar-refractivity contribution in [3.63, 3.8) is 0 Å². The first-order chi connectivity index (χ1) is 9.16. The molecule has 4 N–H and O–H groups in total. The second-order valence-corrected chi connectivity index (χ2v) is 4.92. The first kappa shape index (κ1) is 14.0. The number of hydrogen-bond acceptors (Lipinski definition) is 4. The Kier molecular flexibility index (Phi) is 4.86. The molecule has 1 aromatic carbocycles. The molecule has 0 saturated heterocycles. The minimum Gasteiger partial charge on any atom is -0.486 e. The van der Waals surface area contributed by atoms with Gasteiger partial charge in [-0.2, -0.15) is 0 Å². The van der Waals surface area contributed by atoms with Crippen molar-refractivity contribution in [2.24, 2.45) is 5.73 Å². The summed E-state index contributed by atoms with van der Waals surface area (Å²) in [5, 5.41) is 5.72. The number of carbonyl (C=O) groups excluding carboxylic acids is 1. The van der Waals surface area contributed by atoms with Gasteiger partial charge in [-0.3, -0.25) is 0 Å². The van der Waals surface area contributed by atoms with E-state index in [4.69, 9.17) is 15.2 Å². The van der Waals surface area contributed by atoms with Crippen LogP contribution in [0.25, 0.3) is 0 Å². The van der Waals surface area contributed by atoms with Crippen molar-refractivity contribution < 1.29 is 14.3 Å². The fourth-order valence-electron chi connectivity index (χ4n) is 1.77. The topological polar surface area (TPSA) is 85.6 Å². The summed E-state index contributed by atoms with van der Waals surface area (Å²) >= 11 is 3.47. The highest BCUT2D eigenvalue weighted by atomic mass is 79.9. The summed E-state index contributed by atoms with van der Waals surface area (Å²) in [6.07, 6.45) is 0. The van der Waals surface area contributed by atoms with Crippen LogP contribution in [0.3, 0.4) is 0 Å². The van der Waals surface area contributed by atoms with Crippen molar-refractivity contribution in [2.75, 3.05) is 26.3 Å². The number of nitrogens with one attached hydrogen (secondary N) is 2. The Bertz CT molecular complexity index is 468. The molecule has 0 aromatic heterocycles. The predicted octanol–water partition coefficient (Wildman–Crippen LogP) is 0.978. The zero-order chi connectivity index (χ0) is 13.7. The molecule has 0 spiro atoms. The third kappa shape index (κ3) is 4.00. The highest BCUT2D eigenvalue weighted by molar-refractivity contribution is 9.10. The molecule has 1 aromatic rings. The highest BCUT2D eigenvalue weighted by Gasteiger charge is 2.15. The van der Waals surface area contributed by atoms with Crippen molar-refractivity contribution in [3.8, 4) is 11.5 Å². The molecule has 0 fully saturated rings. The quantitative estimate of drug-likeness (QED) is 0.703. The summed E-state index contributed by atoms with van der Waals surface area (Å²) in [6.45, 7) is 2.96. The van der Waals surface area contributed by atoms with Gasteiger partial charge >= 0.3 is 6.03 Å². The van der Waals surface area contributed by atoms with Crippen molar-refractivity contribution in [1.82, 2.24) is 10.6 Å². The van der Waals surface area contributed by atoms with Crippen molar-refractivity contribution in [3.05, 3.63) is 22.2 Å². The lowest BCUT2D eigenvalue weighted by Gasteiger charge is -2.20. The molecule has 2 rings (SSSR count). The van der Waals surface area contributed by atoms with Gasteiger partial charge < -0.3 is 25.8 Å². The van der Waals surface area contributed by atoms with Gasteiger partial charge in [-0.1, -0.05) is 0 Å². The fraction of sp³-hybridized carbons (Fsp3) is 0.417. The van der Waals surface area contributed by atoms with E-state index in [1.54, 1.807) is 0 Å². The van der Waals surface area contributed by atoms with E-state index in [0.717, 1.165) is 21.5 Å². The number of nitrogens with two attached hydrogens (primary N) is 1. The first-order valence-corrected chi connectivity index (χ1v) is 6.78. The second-order valence-electron chi connectivity index (χ2n) is 4.07. The SMILES string of the molecule is NC(=O)NCCNCc1cc(Br)c2c(c1)OCCO2. The summed E-state index contributed by atoms with van der Waals surface area (Å²) in [4.78, 5) is 10.5. The molecular weight excluding hydrogens is 314 g/mol. The number of primary amides is 1. The first-order valence-electron chi connectivity index (χ1n) is 5.99. The van der Waals surface area contributed by atoms with E-state index in [1.807, 2.05) is 12.1 Å². The Morgan fingerprint density at radius 3 is 2.89 bits per heavy atom. The summed E-state index contributed by atoms with van der Waals surface area (Å²) in [5.41, 5.74) is 6.05. The number of urea groups is 1. The minimum absolute atomic E-state index is 0.501. The Morgan fingerprint density at radius 1 is 1.32 bits per heavy atom. The average Bonchev–Trinajstić information content (AvgIpc) is 2.38. The number of ether oxygens (including phenoxy) is 2. The van der Waals surface area contributed by atoms with Crippen molar-refractivity contribution in [1.29, 1.82) is 0 Å². The standard InChI is InChI=1S/C12H16BrN3O3/c13-9-5-8(7-15-1-2-16-12(14)17)6-10-11(9)19-4-3-18-10/h5-6,15H,1-4,7H2,(H3,14,16,17). The van der Waals surface area contributed by atoms with Crippen LogP contribution < -0.4 is 25.8 Å². The number of amides is 2. The van der Waals surface area contributed by atoms with Crippen LogP contribution in [-0.2, 0) is 6.54 Å². The maximum Gasteiger partial charge on any atom is 0.312 e. The van der Waals surface area contributed by atoms with Crippen LogP contribution in [0.5, 0.6) is 11.5 Å². The van der Waals surface area contributed by atoms with Gasteiger partial charge in [0.05, 0.1) is 4.47 Å². The molecule has 7 heteroatoms. The molecule has 2 amide bonds. The smallest absolute Gasteiger partial charge is 0.312 e. The van der Waals surface area contributed by atoms with E-state index in [0.29, 0.717) is 32.8 Å². The zero-order valence-electron chi connectivity index (χ0n) is 10.4. The van der Waals surface area contributed by atoms with Gasteiger partial charge in [-0.05, 0) is 33.6 Å².